The van der Waals surface area contributed by atoms with Crippen molar-refractivity contribution in [1.29, 1.82) is 0 Å². The van der Waals surface area contributed by atoms with Crippen LogP contribution in [0.25, 0.3) is 0 Å². The lowest BCUT2D eigenvalue weighted by atomic mass is 10.2. The Morgan fingerprint density at radius 3 is 2.67 bits per heavy atom. The van der Waals surface area contributed by atoms with Gasteiger partial charge >= 0.3 is 0 Å². The Labute approximate surface area is 125 Å². The summed E-state index contributed by atoms with van der Waals surface area (Å²) in [5.74, 6) is -0.561. The highest BCUT2D eigenvalue weighted by Gasteiger charge is 2.29. The van der Waals surface area contributed by atoms with Gasteiger partial charge in [0.2, 0.25) is 5.91 Å². The van der Waals surface area contributed by atoms with E-state index in [2.05, 4.69) is 15.6 Å². The number of carbonyl (C=O) groups is 2. The molecule has 2 amide bonds. The van der Waals surface area contributed by atoms with Gasteiger partial charge in [0.25, 0.3) is 11.6 Å². The molecule has 0 spiro atoms. The SMILES string of the molecule is O=C(NCCNC(=O)C1CC1)c1cc(Cl)ncc1[N+](=O)[O-]. The van der Waals surface area contributed by atoms with Gasteiger partial charge in [0, 0.05) is 19.0 Å². The lowest BCUT2D eigenvalue weighted by Gasteiger charge is -2.07. The predicted octanol–water partition coefficient (Wildman–Crippen LogP) is 0.899. The minimum absolute atomic E-state index is 0.00668. The smallest absolute Gasteiger partial charge is 0.300 e. The highest BCUT2D eigenvalue weighted by Crippen LogP contribution is 2.28. The quantitative estimate of drug-likeness (QED) is 0.350. The van der Waals surface area contributed by atoms with Crippen molar-refractivity contribution in [2.45, 2.75) is 12.8 Å². The maximum atomic E-state index is 11.9. The summed E-state index contributed by atoms with van der Waals surface area (Å²) in [6.45, 7) is 0.447. The van der Waals surface area contributed by atoms with Crippen LogP contribution < -0.4 is 10.6 Å². The summed E-state index contributed by atoms with van der Waals surface area (Å²) in [5, 5.41) is 16.0. The number of nitrogens with zero attached hydrogens (tertiary/aromatic N) is 2. The summed E-state index contributed by atoms with van der Waals surface area (Å²) < 4.78 is 0. The zero-order valence-corrected chi connectivity index (χ0v) is 11.7. The lowest BCUT2D eigenvalue weighted by molar-refractivity contribution is -0.385. The van der Waals surface area contributed by atoms with Gasteiger partial charge in [-0.05, 0) is 18.9 Å². The van der Waals surface area contributed by atoms with Crippen molar-refractivity contribution in [1.82, 2.24) is 15.6 Å². The average Bonchev–Trinajstić information content (AvgIpc) is 3.27. The first-order chi connectivity index (χ1) is 9.99. The summed E-state index contributed by atoms with van der Waals surface area (Å²) in [6, 6.07) is 1.14. The molecular weight excluding hydrogens is 300 g/mol. The van der Waals surface area contributed by atoms with Gasteiger partial charge in [-0.3, -0.25) is 19.7 Å². The minimum Gasteiger partial charge on any atom is -0.354 e. The Morgan fingerprint density at radius 1 is 1.38 bits per heavy atom. The van der Waals surface area contributed by atoms with Crippen LogP contribution in [0.4, 0.5) is 5.69 Å². The molecule has 1 aromatic rings. The standard InChI is InChI=1S/C12H13ClN4O4/c13-10-5-8(9(6-16-10)17(20)21)12(19)15-4-3-14-11(18)7-1-2-7/h5-7H,1-4H2,(H,14,18)(H,15,19). The van der Waals surface area contributed by atoms with Crippen LogP contribution in [-0.4, -0.2) is 34.8 Å². The first-order valence-electron chi connectivity index (χ1n) is 6.35. The van der Waals surface area contributed by atoms with Crippen LogP contribution in [0.2, 0.25) is 5.15 Å². The van der Waals surface area contributed by atoms with Crippen molar-refractivity contribution in [3.8, 4) is 0 Å². The molecule has 0 bridgehead atoms. The highest BCUT2D eigenvalue weighted by atomic mass is 35.5. The number of hydrogen-bond donors (Lipinski definition) is 2. The number of nitro groups is 1. The number of halogens is 1. The van der Waals surface area contributed by atoms with E-state index in [0.717, 1.165) is 25.1 Å². The summed E-state index contributed by atoms with van der Waals surface area (Å²) in [5.41, 5.74) is -0.576. The Hall–Kier alpha value is -2.22. The first-order valence-corrected chi connectivity index (χ1v) is 6.72. The van der Waals surface area contributed by atoms with Crippen LogP contribution in [0.5, 0.6) is 0 Å². The maximum Gasteiger partial charge on any atom is 0.300 e. The second-order valence-electron chi connectivity index (χ2n) is 4.60. The third-order valence-electron chi connectivity index (χ3n) is 2.95. The van der Waals surface area contributed by atoms with Crippen molar-refractivity contribution in [3.63, 3.8) is 0 Å². The van der Waals surface area contributed by atoms with Crippen molar-refractivity contribution < 1.29 is 14.5 Å². The van der Waals surface area contributed by atoms with E-state index in [1.54, 1.807) is 0 Å². The number of nitrogens with one attached hydrogen (secondary N) is 2. The van der Waals surface area contributed by atoms with Gasteiger partial charge in [0.15, 0.2) is 0 Å². The molecule has 1 aromatic heterocycles. The molecule has 1 aliphatic carbocycles. The Morgan fingerprint density at radius 2 is 2.05 bits per heavy atom. The molecule has 1 fully saturated rings. The fourth-order valence-corrected chi connectivity index (χ4v) is 1.85. The molecule has 0 radical (unpaired) electrons. The zero-order valence-electron chi connectivity index (χ0n) is 11.0. The summed E-state index contributed by atoms with van der Waals surface area (Å²) in [7, 11) is 0. The second-order valence-corrected chi connectivity index (χ2v) is 4.99. The molecule has 0 unspecified atom stereocenters. The fourth-order valence-electron chi connectivity index (χ4n) is 1.70. The molecule has 1 heterocycles. The van der Waals surface area contributed by atoms with E-state index in [4.69, 9.17) is 11.6 Å². The van der Waals surface area contributed by atoms with Crippen molar-refractivity contribution in [2.75, 3.05) is 13.1 Å². The van der Waals surface area contributed by atoms with Gasteiger partial charge in [0.1, 0.15) is 16.9 Å². The van der Waals surface area contributed by atoms with Crippen LogP contribution in [0, 0.1) is 16.0 Å². The molecule has 2 rings (SSSR count). The van der Waals surface area contributed by atoms with Gasteiger partial charge in [-0.25, -0.2) is 4.98 Å². The van der Waals surface area contributed by atoms with Gasteiger partial charge in [-0.2, -0.15) is 0 Å². The van der Waals surface area contributed by atoms with Crippen LogP contribution >= 0.6 is 11.6 Å². The van der Waals surface area contributed by atoms with E-state index in [1.165, 1.54) is 0 Å². The molecule has 1 aliphatic rings. The van der Waals surface area contributed by atoms with Crippen LogP contribution in [0.15, 0.2) is 12.3 Å². The average molecular weight is 313 g/mol. The van der Waals surface area contributed by atoms with Gasteiger partial charge in [-0.1, -0.05) is 11.6 Å². The van der Waals surface area contributed by atoms with Crippen molar-refractivity contribution in [3.05, 3.63) is 33.1 Å². The predicted molar refractivity (Wildman–Crippen MR) is 74.0 cm³/mol. The van der Waals surface area contributed by atoms with Crippen molar-refractivity contribution >= 4 is 29.1 Å². The molecule has 0 aromatic carbocycles. The van der Waals surface area contributed by atoms with Crippen LogP contribution in [-0.2, 0) is 4.79 Å². The third kappa shape index (κ3) is 4.12. The van der Waals surface area contributed by atoms with Gasteiger partial charge < -0.3 is 10.6 Å². The maximum absolute atomic E-state index is 11.9. The van der Waals surface area contributed by atoms with E-state index in [-0.39, 0.29) is 35.6 Å². The van der Waals surface area contributed by atoms with E-state index in [9.17, 15) is 19.7 Å². The van der Waals surface area contributed by atoms with E-state index < -0.39 is 16.5 Å². The Balaban J connectivity index is 1.89. The molecule has 2 N–H and O–H groups in total. The number of pyridine rings is 1. The number of rotatable bonds is 6. The summed E-state index contributed by atoms with van der Waals surface area (Å²) >= 11 is 5.64. The van der Waals surface area contributed by atoms with E-state index in [1.807, 2.05) is 0 Å². The van der Waals surface area contributed by atoms with E-state index in [0.29, 0.717) is 0 Å². The van der Waals surface area contributed by atoms with E-state index >= 15 is 0 Å². The summed E-state index contributed by atoms with van der Waals surface area (Å²) in [6.07, 6.45) is 2.74. The number of carbonyl (C=O) groups excluding carboxylic acids is 2. The lowest BCUT2D eigenvalue weighted by Crippen LogP contribution is -2.35. The largest absolute Gasteiger partial charge is 0.354 e. The topological polar surface area (TPSA) is 114 Å². The third-order valence-corrected chi connectivity index (χ3v) is 3.16. The zero-order chi connectivity index (χ0) is 15.4. The molecule has 9 heteroatoms. The minimum atomic E-state index is -0.701. The van der Waals surface area contributed by atoms with Gasteiger partial charge in [0.05, 0.1) is 4.92 Å². The van der Waals surface area contributed by atoms with Crippen molar-refractivity contribution in [2.24, 2.45) is 5.92 Å². The number of amides is 2. The number of hydrogen-bond acceptors (Lipinski definition) is 5. The number of aromatic nitrogens is 1. The molecular formula is C12H13ClN4O4. The molecule has 0 aliphatic heterocycles. The normalized spacial score (nSPS) is 13.6. The summed E-state index contributed by atoms with van der Waals surface area (Å²) in [4.78, 5) is 37.0. The fraction of sp³-hybridized carbons (Fsp3) is 0.417. The monoisotopic (exact) mass is 312 g/mol. The molecule has 21 heavy (non-hydrogen) atoms. The molecule has 8 nitrogen and oxygen atoms in total. The van der Waals surface area contributed by atoms with Crippen LogP contribution in [0.1, 0.15) is 23.2 Å². The molecule has 0 saturated heterocycles. The highest BCUT2D eigenvalue weighted by molar-refractivity contribution is 6.29. The molecule has 0 atom stereocenters. The first kappa shape index (κ1) is 15.2. The Bertz CT molecular complexity index is 589. The molecule has 1 saturated carbocycles. The second kappa shape index (κ2) is 6.49. The molecule has 112 valence electrons. The Kier molecular flexibility index (Phi) is 4.69. The van der Waals surface area contributed by atoms with Gasteiger partial charge in [-0.15, -0.1) is 0 Å². The van der Waals surface area contributed by atoms with Crippen LogP contribution in [0.3, 0.4) is 0 Å².